The smallest absolute Gasteiger partial charge is 0.315 e. The van der Waals surface area contributed by atoms with Crippen LogP contribution in [0.1, 0.15) is 31.2 Å². The summed E-state index contributed by atoms with van der Waals surface area (Å²) in [6.07, 6.45) is 3.64. The molecule has 1 aromatic rings. The first-order valence-corrected chi connectivity index (χ1v) is 6.59. The Balaban J connectivity index is 2.16. The van der Waals surface area contributed by atoms with E-state index in [9.17, 15) is 9.18 Å². The van der Waals surface area contributed by atoms with Crippen molar-refractivity contribution in [2.45, 2.75) is 31.2 Å². The highest BCUT2D eigenvalue weighted by atomic mass is 19.1. The van der Waals surface area contributed by atoms with Gasteiger partial charge in [-0.1, -0.05) is 25.0 Å². The summed E-state index contributed by atoms with van der Waals surface area (Å²) in [7, 11) is 0. The molecule has 0 aliphatic heterocycles. The number of hydrogen-bond donors (Lipinski definition) is 3. The van der Waals surface area contributed by atoms with E-state index in [1.54, 1.807) is 6.07 Å². The molecule has 104 valence electrons. The molecular weight excluding hydrogens is 247 g/mol. The Labute approximate surface area is 112 Å². The van der Waals surface area contributed by atoms with E-state index >= 15 is 0 Å². The van der Waals surface area contributed by atoms with Gasteiger partial charge in [0, 0.05) is 6.54 Å². The zero-order chi connectivity index (χ0) is 13.7. The molecule has 0 unspecified atom stereocenters. The first-order chi connectivity index (χ1) is 9.16. The number of rotatable bonds is 4. The van der Waals surface area contributed by atoms with E-state index in [0.29, 0.717) is 0 Å². The van der Waals surface area contributed by atoms with Crippen LogP contribution in [-0.2, 0) is 5.54 Å². The standard InChI is InChI=1S/C14H19FN2O2/c15-12-5-3-4-11(10-12)14(6-1-2-7-14)17-13(19)16-8-9-18/h3-5,10,18H,1-2,6-9H2,(H2,16,17,19). The Morgan fingerprint density at radius 1 is 1.37 bits per heavy atom. The van der Waals surface area contributed by atoms with Crippen molar-refractivity contribution in [2.75, 3.05) is 13.2 Å². The van der Waals surface area contributed by atoms with Gasteiger partial charge in [0.2, 0.25) is 0 Å². The summed E-state index contributed by atoms with van der Waals surface area (Å²) in [5.74, 6) is -0.290. The maximum atomic E-state index is 13.4. The minimum atomic E-state index is -0.484. The number of carbonyl (C=O) groups excluding carboxylic acids is 1. The highest BCUT2D eigenvalue weighted by Crippen LogP contribution is 2.38. The molecule has 1 aromatic carbocycles. The number of halogens is 1. The van der Waals surface area contributed by atoms with E-state index in [-0.39, 0.29) is 25.0 Å². The van der Waals surface area contributed by atoms with E-state index in [1.165, 1.54) is 12.1 Å². The normalized spacial score (nSPS) is 17.2. The summed E-state index contributed by atoms with van der Waals surface area (Å²) in [4.78, 5) is 11.8. The fraction of sp³-hybridized carbons (Fsp3) is 0.500. The fourth-order valence-corrected chi connectivity index (χ4v) is 2.68. The van der Waals surface area contributed by atoms with E-state index in [1.807, 2.05) is 6.07 Å². The van der Waals surface area contributed by atoms with Gasteiger partial charge >= 0.3 is 6.03 Å². The van der Waals surface area contributed by atoms with Crippen LogP contribution in [0, 0.1) is 5.82 Å². The Morgan fingerprint density at radius 3 is 2.74 bits per heavy atom. The second-order valence-electron chi connectivity index (χ2n) is 4.90. The molecule has 1 saturated carbocycles. The van der Waals surface area contributed by atoms with Crippen LogP contribution in [0.15, 0.2) is 24.3 Å². The van der Waals surface area contributed by atoms with Crippen LogP contribution in [0.25, 0.3) is 0 Å². The van der Waals surface area contributed by atoms with Crippen molar-refractivity contribution < 1.29 is 14.3 Å². The molecule has 5 heteroatoms. The third-order valence-corrected chi connectivity index (χ3v) is 3.58. The van der Waals surface area contributed by atoms with Gasteiger partial charge in [-0.3, -0.25) is 0 Å². The summed E-state index contributed by atoms with van der Waals surface area (Å²) in [5, 5.41) is 14.2. The number of aliphatic hydroxyl groups is 1. The molecular formula is C14H19FN2O2. The summed E-state index contributed by atoms with van der Waals surface area (Å²) in [5.41, 5.74) is 0.325. The van der Waals surface area contributed by atoms with Crippen LogP contribution < -0.4 is 10.6 Å². The van der Waals surface area contributed by atoms with Crippen molar-refractivity contribution in [3.05, 3.63) is 35.6 Å². The lowest BCUT2D eigenvalue weighted by Gasteiger charge is -2.31. The summed E-state index contributed by atoms with van der Waals surface area (Å²) < 4.78 is 13.4. The third kappa shape index (κ3) is 3.23. The predicted octanol–water partition coefficient (Wildman–Crippen LogP) is 1.89. The predicted molar refractivity (Wildman–Crippen MR) is 70.2 cm³/mol. The zero-order valence-electron chi connectivity index (χ0n) is 10.8. The molecule has 0 aromatic heterocycles. The number of carbonyl (C=O) groups is 1. The number of nitrogens with one attached hydrogen (secondary N) is 2. The molecule has 0 bridgehead atoms. The Kier molecular flexibility index (Phi) is 4.37. The van der Waals surface area contributed by atoms with Crippen molar-refractivity contribution >= 4 is 6.03 Å². The van der Waals surface area contributed by atoms with E-state index in [2.05, 4.69) is 10.6 Å². The van der Waals surface area contributed by atoms with Gasteiger partial charge in [-0.25, -0.2) is 9.18 Å². The van der Waals surface area contributed by atoms with Gasteiger partial charge in [0.1, 0.15) is 5.82 Å². The maximum absolute atomic E-state index is 13.4. The highest BCUT2D eigenvalue weighted by Gasteiger charge is 2.37. The van der Waals surface area contributed by atoms with Crippen LogP contribution in [0.5, 0.6) is 0 Å². The first kappa shape index (κ1) is 13.8. The number of hydrogen-bond acceptors (Lipinski definition) is 2. The van der Waals surface area contributed by atoms with Crippen molar-refractivity contribution in [1.29, 1.82) is 0 Å². The fourth-order valence-electron chi connectivity index (χ4n) is 2.68. The monoisotopic (exact) mass is 266 g/mol. The first-order valence-electron chi connectivity index (χ1n) is 6.59. The van der Waals surface area contributed by atoms with E-state index < -0.39 is 5.54 Å². The quantitative estimate of drug-likeness (QED) is 0.779. The number of benzene rings is 1. The second kappa shape index (κ2) is 6.02. The van der Waals surface area contributed by atoms with Gasteiger partial charge in [0.25, 0.3) is 0 Å². The van der Waals surface area contributed by atoms with Crippen molar-refractivity contribution in [3.63, 3.8) is 0 Å². The van der Waals surface area contributed by atoms with Gasteiger partial charge in [-0.15, -0.1) is 0 Å². The lowest BCUT2D eigenvalue weighted by Crippen LogP contribution is -2.49. The van der Waals surface area contributed by atoms with Crippen molar-refractivity contribution in [3.8, 4) is 0 Å². The molecule has 1 fully saturated rings. The topological polar surface area (TPSA) is 61.4 Å². The SMILES string of the molecule is O=C(NCCO)NC1(c2cccc(F)c2)CCCC1. The lowest BCUT2D eigenvalue weighted by atomic mass is 9.88. The average Bonchev–Trinajstić information content (AvgIpc) is 2.86. The summed E-state index contributed by atoms with van der Waals surface area (Å²) in [6, 6.07) is 6.08. The van der Waals surface area contributed by atoms with Gasteiger partial charge in [0.15, 0.2) is 0 Å². The Morgan fingerprint density at radius 2 is 2.11 bits per heavy atom. The van der Waals surface area contributed by atoms with Crippen molar-refractivity contribution in [1.82, 2.24) is 10.6 Å². The maximum Gasteiger partial charge on any atom is 0.315 e. The van der Waals surface area contributed by atoms with Gasteiger partial charge in [0.05, 0.1) is 12.1 Å². The molecule has 3 N–H and O–H groups in total. The van der Waals surface area contributed by atoms with Gasteiger partial charge in [-0.05, 0) is 30.5 Å². The van der Waals surface area contributed by atoms with Crippen LogP contribution in [0.3, 0.4) is 0 Å². The summed E-state index contributed by atoms with van der Waals surface area (Å²) >= 11 is 0. The number of aliphatic hydroxyl groups excluding tert-OH is 1. The third-order valence-electron chi connectivity index (χ3n) is 3.58. The molecule has 0 saturated heterocycles. The molecule has 2 amide bonds. The van der Waals surface area contributed by atoms with Crippen LogP contribution in [-0.4, -0.2) is 24.3 Å². The number of amides is 2. The summed E-state index contributed by atoms with van der Waals surface area (Å²) in [6.45, 7) is 0.117. The van der Waals surface area contributed by atoms with E-state index in [0.717, 1.165) is 31.2 Å². The minimum absolute atomic E-state index is 0.0968. The molecule has 0 atom stereocenters. The highest BCUT2D eigenvalue weighted by molar-refractivity contribution is 5.75. The van der Waals surface area contributed by atoms with E-state index in [4.69, 9.17) is 5.11 Å². The molecule has 4 nitrogen and oxygen atoms in total. The molecule has 0 spiro atoms. The molecule has 19 heavy (non-hydrogen) atoms. The Hall–Kier alpha value is -1.62. The number of urea groups is 1. The van der Waals surface area contributed by atoms with Gasteiger partial charge in [-0.2, -0.15) is 0 Å². The van der Waals surface area contributed by atoms with Crippen LogP contribution in [0.2, 0.25) is 0 Å². The molecule has 0 heterocycles. The average molecular weight is 266 g/mol. The molecule has 0 radical (unpaired) electrons. The molecule has 1 aliphatic rings. The molecule has 1 aliphatic carbocycles. The Bertz CT molecular complexity index is 445. The van der Waals surface area contributed by atoms with Crippen LogP contribution >= 0.6 is 0 Å². The zero-order valence-corrected chi connectivity index (χ0v) is 10.8. The van der Waals surface area contributed by atoms with Gasteiger partial charge < -0.3 is 15.7 Å². The molecule has 2 rings (SSSR count). The van der Waals surface area contributed by atoms with Crippen molar-refractivity contribution in [2.24, 2.45) is 0 Å². The largest absolute Gasteiger partial charge is 0.395 e. The second-order valence-corrected chi connectivity index (χ2v) is 4.90. The lowest BCUT2D eigenvalue weighted by molar-refractivity contribution is 0.219. The minimum Gasteiger partial charge on any atom is -0.395 e. The van der Waals surface area contributed by atoms with Crippen LogP contribution in [0.4, 0.5) is 9.18 Å².